The van der Waals surface area contributed by atoms with Gasteiger partial charge in [-0.3, -0.25) is 4.90 Å². The monoisotopic (exact) mass is 412 g/mol. The lowest BCUT2D eigenvalue weighted by Crippen LogP contribution is -2.44. The quantitative estimate of drug-likeness (QED) is 0.457. The molecule has 6 nitrogen and oxygen atoms in total. The lowest BCUT2D eigenvalue weighted by molar-refractivity contribution is 0.0386. The summed E-state index contributed by atoms with van der Waals surface area (Å²) < 4.78 is 5.34. The molecule has 1 saturated heterocycles. The Morgan fingerprint density at radius 3 is 2.67 bits per heavy atom. The van der Waals surface area contributed by atoms with Crippen molar-refractivity contribution in [3.8, 4) is 0 Å². The van der Waals surface area contributed by atoms with Gasteiger partial charge in [0.2, 0.25) is 0 Å². The van der Waals surface area contributed by atoms with Crippen molar-refractivity contribution in [3.63, 3.8) is 0 Å². The summed E-state index contributed by atoms with van der Waals surface area (Å²) in [5, 5.41) is 17.1. The minimum atomic E-state index is -1.10. The van der Waals surface area contributed by atoms with Crippen molar-refractivity contribution >= 4 is 5.96 Å². The molecule has 1 aromatic carbocycles. The van der Waals surface area contributed by atoms with E-state index in [0.29, 0.717) is 24.8 Å². The largest absolute Gasteiger partial charge is 0.466 e. The molecule has 30 heavy (non-hydrogen) atoms. The Morgan fingerprint density at radius 1 is 1.23 bits per heavy atom. The van der Waals surface area contributed by atoms with Crippen molar-refractivity contribution in [1.29, 1.82) is 0 Å². The third-order valence-corrected chi connectivity index (χ3v) is 5.59. The zero-order valence-corrected chi connectivity index (χ0v) is 18.5. The number of hydrogen-bond donors (Lipinski definition) is 3. The third kappa shape index (κ3) is 6.61. The highest BCUT2D eigenvalue weighted by atomic mass is 16.4. The van der Waals surface area contributed by atoms with E-state index in [-0.39, 0.29) is 0 Å². The number of likely N-dealkylation sites (tertiary alicyclic amines) is 1. The van der Waals surface area contributed by atoms with E-state index in [1.807, 2.05) is 6.92 Å². The van der Waals surface area contributed by atoms with Crippen LogP contribution in [0.1, 0.15) is 50.5 Å². The van der Waals surface area contributed by atoms with Gasteiger partial charge >= 0.3 is 0 Å². The maximum Gasteiger partial charge on any atom is 0.191 e. The Morgan fingerprint density at radius 2 is 2.00 bits per heavy atom. The highest BCUT2D eigenvalue weighted by Crippen LogP contribution is 2.20. The predicted octanol–water partition coefficient (Wildman–Crippen LogP) is 3.47. The maximum absolute atomic E-state index is 10.6. The molecule has 0 bridgehead atoms. The molecule has 1 aromatic heterocycles. The van der Waals surface area contributed by atoms with Crippen LogP contribution < -0.4 is 10.6 Å². The zero-order chi connectivity index (χ0) is 21.4. The fourth-order valence-corrected chi connectivity index (χ4v) is 3.88. The van der Waals surface area contributed by atoms with Crippen LogP contribution in [0.4, 0.5) is 0 Å². The van der Waals surface area contributed by atoms with Crippen LogP contribution in [0.2, 0.25) is 0 Å². The van der Waals surface area contributed by atoms with Gasteiger partial charge in [-0.05, 0) is 62.4 Å². The highest BCUT2D eigenvalue weighted by Gasteiger charge is 2.26. The van der Waals surface area contributed by atoms with E-state index in [4.69, 9.17) is 4.42 Å². The van der Waals surface area contributed by atoms with E-state index in [2.05, 4.69) is 51.7 Å². The minimum Gasteiger partial charge on any atom is -0.466 e. The molecule has 1 aliphatic heterocycles. The van der Waals surface area contributed by atoms with Crippen molar-refractivity contribution in [1.82, 2.24) is 15.5 Å². The Kier molecular flexibility index (Phi) is 7.94. The smallest absolute Gasteiger partial charge is 0.191 e. The van der Waals surface area contributed by atoms with Gasteiger partial charge in [0.15, 0.2) is 5.96 Å². The number of aliphatic imine (C=N–C) groups is 1. The lowest BCUT2D eigenvalue weighted by atomic mass is 9.99. The summed E-state index contributed by atoms with van der Waals surface area (Å²) in [5.41, 5.74) is 1.42. The van der Waals surface area contributed by atoms with Crippen LogP contribution in [-0.2, 0) is 18.7 Å². The van der Waals surface area contributed by atoms with Crippen molar-refractivity contribution in [2.45, 2.75) is 52.3 Å². The van der Waals surface area contributed by atoms with Crippen LogP contribution in [0.15, 0.2) is 52.1 Å². The average molecular weight is 413 g/mol. The molecule has 2 heterocycles. The maximum atomic E-state index is 10.6. The first kappa shape index (κ1) is 22.4. The molecule has 0 amide bonds. The number of benzene rings is 1. The molecule has 2 atom stereocenters. The van der Waals surface area contributed by atoms with Gasteiger partial charge in [-0.1, -0.05) is 31.2 Å². The third-order valence-electron chi connectivity index (χ3n) is 5.59. The van der Waals surface area contributed by atoms with Gasteiger partial charge in [0.1, 0.15) is 11.4 Å². The SMILES string of the molecule is CCNC(=NCc1ccc(CN2CCCC(C)C2)cc1)NCC(C)(O)c1ccco1. The van der Waals surface area contributed by atoms with Crippen molar-refractivity contribution in [2.24, 2.45) is 10.9 Å². The van der Waals surface area contributed by atoms with Gasteiger partial charge in [0.25, 0.3) is 0 Å². The summed E-state index contributed by atoms with van der Waals surface area (Å²) in [6, 6.07) is 12.3. The van der Waals surface area contributed by atoms with Gasteiger partial charge in [0.05, 0.1) is 19.4 Å². The summed E-state index contributed by atoms with van der Waals surface area (Å²) in [4.78, 5) is 7.22. The molecule has 3 N–H and O–H groups in total. The molecule has 0 radical (unpaired) electrons. The van der Waals surface area contributed by atoms with Gasteiger partial charge in [-0.25, -0.2) is 4.99 Å². The standard InChI is InChI=1S/C24H36N4O2/c1-4-25-23(27-18-24(3,29)22-8-6-14-30-22)26-15-20-9-11-21(12-10-20)17-28-13-5-7-19(2)16-28/h6,8-12,14,19,29H,4-5,7,13,15-18H2,1-3H3,(H2,25,26,27). The minimum absolute atomic E-state index is 0.305. The van der Waals surface area contributed by atoms with E-state index in [1.54, 1.807) is 25.3 Å². The molecule has 0 aliphatic carbocycles. The number of rotatable bonds is 8. The first-order valence-electron chi connectivity index (χ1n) is 11.0. The summed E-state index contributed by atoms with van der Waals surface area (Å²) in [6.07, 6.45) is 4.23. The number of piperidine rings is 1. The topological polar surface area (TPSA) is 73.0 Å². The van der Waals surface area contributed by atoms with Crippen molar-refractivity contribution < 1.29 is 9.52 Å². The van der Waals surface area contributed by atoms with E-state index in [9.17, 15) is 5.11 Å². The van der Waals surface area contributed by atoms with E-state index >= 15 is 0 Å². The van der Waals surface area contributed by atoms with E-state index in [1.165, 1.54) is 37.1 Å². The molecule has 2 aromatic rings. The molecule has 0 spiro atoms. The van der Waals surface area contributed by atoms with E-state index < -0.39 is 5.60 Å². The van der Waals surface area contributed by atoms with Gasteiger partial charge < -0.3 is 20.2 Å². The molecule has 6 heteroatoms. The summed E-state index contributed by atoms with van der Waals surface area (Å²) in [5.74, 6) is 2.01. The van der Waals surface area contributed by atoms with Crippen LogP contribution in [-0.4, -0.2) is 42.1 Å². The number of furan rings is 1. The molecule has 164 valence electrons. The fraction of sp³-hybridized carbons (Fsp3) is 0.542. The summed E-state index contributed by atoms with van der Waals surface area (Å²) in [7, 11) is 0. The molecule has 3 rings (SSSR count). The Labute approximate surface area is 180 Å². The first-order valence-corrected chi connectivity index (χ1v) is 11.0. The molecular formula is C24H36N4O2. The van der Waals surface area contributed by atoms with Crippen LogP contribution in [0, 0.1) is 5.92 Å². The molecular weight excluding hydrogens is 376 g/mol. The molecule has 1 aliphatic rings. The fourth-order valence-electron chi connectivity index (χ4n) is 3.88. The molecule has 2 unspecified atom stereocenters. The average Bonchev–Trinajstić information content (AvgIpc) is 3.27. The predicted molar refractivity (Wildman–Crippen MR) is 121 cm³/mol. The Balaban J connectivity index is 1.53. The molecule has 0 saturated carbocycles. The highest BCUT2D eigenvalue weighted by molar-refractivity contribution is 5.79. The Bertz CT molecular complexity index is 784. The van der Waals surface area contributed by atoms with Crippen LogP contribution in [0.5, 0.6) is 0 Å². The van der Waals surface area contributed by atoms with Gasteiger partial charge in [-0.15, -0.1) is 0 Å². The number of nitrogens with zero attached hydrogens (tertiary/aromatic N) is 2. The van der Waals surface area contributed by atoms with Crippen LogP contribution in [0.25, 0.3) is 0 Å². The number of aliphatic hydroxyl groups is 1. The summed E-state index contributed by atoms with van der Waals surface area (Å²) >= 11 is 0. The number of hydrogen-bond acceptors (Lipinski definition) is 4. The first-order chi connectivity index (χ1) is 14.5. The van der Waals surface area contributed by atoms with Crippen molar-refractivity contribution in [3.05, 3.63) is 59.5 Å². The second kappa shape index (κ2) is 10.6. The van der Waals surface area contributed by atoms with Gasteiger partial charge in [0, 0.05) is 19.6 Å². The van der Waals surface area contributed by atoms with E-state index in [0.717, 1.165) is 19.0 Å². The second-order valence-corrected chi connectivity index (χ2v) is 8.60. The van der Waals surface area contributed by atoms with Crippen LogP contribution >= 0.6 is 0 Å². The number of nitrogens with one attached hydrogen (secondary N) is 2. The van der Waals surface area contributed by atoms with Crippen LogP contribution in [0.3, 0.4) is 0 Å². The number of guanidine groups is 1. The van der Waals surface area contributed by atoms with Crippen molar-refractivity contribution in [2.75, 3.05) is 26.2 Å². The molecule has 1 fully saturated rings. The Hall–Kier alpha value is -2.31. The normalized spacial score (nSPS) is 20.0. The van der Waals surface area contributed by atoms with Gasteiger partial charge in [-0.2, -0.15) is 0 Å². The lowest BCUT2D eigenvalue weighted by Gasteiger charge is -2.30. The second-order valence-electron chi connectivity index (χ2n) is 8.60. The zero-order valence-electron chi connectivity index (χ0n) is 18.5. The summed E-state index contributed by atoms with van der Waals surface area (Å²) in [6.45, 7) is 11.2.